The molecule has 0 aliphatic heterocycles. The van der Waals surface area contributed by atoms with Gasteiger partial charge >= 0.3 is 5.97 Å². The summed E-state index contributed by atoms with van der Waals surface area (Å²) in [5.74, 6) is -0.232. The van der Waals surface area contributed by atoms with Crippen molar-refractivity contribution in [3.63, 3.8) is 0 Å². The van der Waals surface area contributed by atoms with Crippen LogP contribution in [0.1, 0.15) is 32.3 Å². The third kappa shape index (κ3) is 5.91. The van der Waals surface area contributed by atoms with Gasteiger partial charge in [0, 0.05) is 6.08 Å². The monoisotopic (exact) mass is 232 g/mol. The number of carbonyl (C=O) groups excluding carboxylic acids is 1. The Hall–Kier alpha value is -1.57. The third-order valence-electron chi connectivity index (χ3n) is 2.53. The predicted molar refractivity (Wildman–Crippen MR) is 69.8 cm³/mol. The van der Waals surface area contributed by atoms with Gasteiger partial charge in [-0.1, -0.05) is 35.9 Å². The fraction of sp³-hybridized carbons (Fsp3) is 0.400. The fourth-order valence-corrected chi connectivity index (χ4v) is 1.67. The van der Waals surface area contributed by atoms with E-state index < -0.39 is 0 Å². The summed E-state index contributed by atoms with van der Waals surface area (Å²) in [5.41, 5.74) is 2.43. The van der Waals surface area contributed by atoms with Crippen LogP contribution in [-0.4, -0.2) is 12.6 Å². The van der Waals surface area contributed by atoms with Crippen LogP contribution in [0.15, 0.2) is 42.0 Å². The summed E-state index contributed by atoms with van der Waals surface area (Å²) >= 11 is 0. The van der Waals surface area contributed by atoms with Crippen molar-refractivity contribution in [3.05, 3.63) is 47.5 Å². The number of carbonyl (C=O) groups is 1. The third-order valence-corrected chi connectivity index (χ3v) is 2.53. The van der Waals surface area contributed by atoms with Crippen molar-refractivity contribution in [2.45, 2.75) is 33.1 Å². The Morgan fingerprint density at radius 3 is 2.65 bits per heavy atom. The van der Waals surface area contributed by atoms with Crippen LogP contribution in [0.5, 0.6) is 0 Å². The first-order chi connectivity index (χ1) is 8.22. The molecule has 1 aromatic carbocycles. The fourth-order valence-electron chi connectivity index (χ4n) is 1.67. The lowest BCUT2D eigenvalue weighted by atomic mass is 10.1. The molecule has 0 atom stereocenters. The van der Waals surface area contributed by atoms with Crippen molar-refractivity contribution >= 4 is 5.97 Å². The van der Waals surface area contributed by atoms with Crippen molar-refractivity contribution < 1.29 is 9.53 Å². The maximum atomic E-state index is 11.2. The number of ether oxygens (including phenoxy) is 1. The molecule has 1 aromatic rings. The zero-order valence-corrected chi connectivity index (χ0v) is 10.6. The predicted octanol–water partition coefficient (Wildman–Crippen LogP) is 3.52. The van der Waals surface area contributed by atoms with E-state index in [-0.39, 0.29) is 5.97 Å². The molecule has 0 radical (unpaired) electrons. The van der Waals surface area contributed by atoms with Gasteiger partial charge in [-0.15, -0.1) is 0 Å². The standard InChI is InChI=1S/C15H20O2/c1-3-17-15(16)12-13(2)8-7-11-14-9-5-4-6-10-14/h4-6,9-10,12H,3,7-8,11H2,1-2H3. The normalized spacial score (nSPS) is 11.3. The zero-order chi connectivity index (χ0) is 12.5. The SMILES string of the molecule is CCOC(=O)C=C(C)CCCc1ccccc1. The molecule has 0 saturated heterocycles. The van der Waals surface area contributed by atoms with Crippen LogP contribution in [0.2, 0.25) is 0 Å². The minimum Gasteiger partial charge on any atom is -0.463 e. The summed E-state index contributed by atoms with van der Waals surface area (Å²) in [7, 11) is 0. The molecule has 0 aromatic heterocycles. The number of aryl methyl sites for hydroxylation is 1. The second-order valence-corrected chi connectivity index (χ2v) is 4.08. The molecule has 0 amide bonds. The highest BCUT2D eigenvalue weighted by Gasteiger charge is 1.98. The maximum absolute atomic E-state index is 11.2. The number of benzene rings is 1. The average molecular weight is 232 g/mol. The summed E-state index contributed by atoms with van der Waals surface area (Å²) in [5, 5.41) is 0. The van der Waals surface area contributed by atoms with Crippen LogP contribution < -0.4 is 0 Å². The Labute approximate surface area is 103 Å². The number of allylic oxidation sites excluding steroid dienone is 1. The number of rotatable bonds is 6. The van der Waals surface area contributed by atoms with Crippen LogP contribution in [0.25, 0.3) is 0 Å². The minimum atomic E-state index is -0.232. The molecule has 0 aliphatic rings. The molecule has 0 N–H and O–H groups in total. The lowest BCUT2D eigenvalue weighted by Crippen LogP contribution is -2.00. The van der Waals surface area contributed by atoms with E-state index >= 15 is 0 Å². The molecule has 1 rings (SSSR count). The summed E-state index contributed by atoms with van der Waals surface area (Å²) in [6.45, 7) is 4.23. The Balaban J connectivity index is 2.29. The summed E-state index contributed by atoms with van der Waals surface area (Å²) in [4.78, 5) is 11.2. The molecule has 0 heterocycles. The van der Waals surface area contributed by atoms with E-state index in [0.29, 0.717) is 6.61 Å². The molecule has 0 aliphatic carbocycles. The highest BCUT2D eigenvalue weighted by molar-refractivity contribution is 5.82. The van der Waals surface area contributed by atoms with Gasteiger partial charge in [0.05, 0.1) is 6.61 Å². The topological polar surface area (TPSA) is 26.3 Å². The van der Waals surface area contributed by atoms with E-state index in [9.17, 15) is 4.79 Å². The Bertz CT molecular complexity index is 366. The van der Waals surface area contributed by atoms with Crippen molar-refractivity contribution in [2.24, 2.45) is 0 Å². The molecule has 0 unspecified atom stereocenters. The summed E-state index contributed by atoms with van der Waals surface area (Å²) in [6.07, 6.45) is 4.64. The van der Waals surface area contributed by atoms with E-state index in [1.165, 1.54) is 5.56 Å². The van der Waals surface area contributed by atoms with E-state index in [1.807, 2.05) is 19.9 Å². The van der Waals surface area contributed by atoms with E-state index in [0.717, 1.165) is 24.8 Å². The lowest BCUT2D eigenvalue weighted by molar-refractivity contribution is -0.137. The van der Waals surface area contributed by atoms with Crippen LogP contribution in [0.4, 0.5) is 0 Å². The molecule has 92 valence electrons. The summed E-state index contributed by atoms with van der Waals surface area (Å²) < 4.78 is 4.86. The molecule has 17 heavy (non-hydrogen) atoms. The van der Waals surface area contributed by atoms with Crippen LogP contribution in [0.3, 0.4) is 0 Å². The minimum absolute atomic E-state index is 0.232. The second-order valence-electron chi connectivity index (χ2n) is 4.08. The molecule has 0 saturated carbocycles. The Morgan fingerprint density at radius 2 is 2.00 bits per heavy atom. The van der Waals surface area contributed by atoms with Gasteiger partial charge in [0.25, 0.3) is 0 Å². The Morgan fingerprint density at radius 1 is 1.29 bits per heavy atom. The van der Waals surface area contributed by atoms with Gasteiger partial charge in [0.15, 0.2) is 0 Å². The first-order valence-corrected chi connectivity index (χ1v) is 6.10. The molecular weight excluding hydrogens is 212 g/mol. The van der Waals surface area contributed by atoms with Crippen LogP contribution in [-0.2, 0) is 16.0 Å². The second kappa shape index (κ2) is 7.66. The number of hydrogen-bond donors (Lipinski definition) is 0. The van der Waals surface area contributed by atoms with Gasteiger partial charge in [-0.3, -0.25) is 0 Å². The van der Waals surface area contributed by atoms with Crippen molar-refractivity contribution in [1.82, 2.24) is 0 Å². The van der Waals surface area contributed by atoms with Crippen LogP contribution >= 0.6 is 0 Å². The largest absolute Gasteiger partial charge is 0.463 e. The van der Waals surface area contributed by atoms with Crippen molar-refractivity contribution in [1.29, 1.82) is 0 Å². The Kier molecular flexibility index (Phi) is 6.08. The van der Waals surface area contributed by atoms with Gasteiger partial charge in [-0.05, 0) is 38.7 Å². The van der Waals surface area contributed by atoms with Gasteiger partial charge in [0.2, 0.25) is 0 Å². The smallest absolute Gasteiger partial charge is 0.330 e. The van der Waals surface area contributed by atoms with E-state index in [1.54, 1.807) is 6.08 Å². The number of hydrogen-bond acceptors (Lipinski definition) is 2. The van der Waals surface area contributed by atoms with E-state index in [4.69, 9.17) is 4.74 Å². The van der Waals surface area contributed by atoms with Gasteiger partial charge in [-0.2, -0.15) is 0 Å². The molecule has 2 heteroatoms. The molecule has 0 bridgehead atoms. The van der Waals surface area contributed by atoms with Crippen LogP contribution in [0, 0.1) is 0 Å². The van der Waals surface area contributed by atoms with E-state index in [2.05, 4.69) is 24.3 Å². The first-order valence-electron chi connectivity index (χ1n) is 6.10. The maximum Gasteiger partial charge on any atom is 0.330 e. The van der Waals surface area contributed by atoms with Crippen molar-refractivity contribution in [3.8, 4) is 0 Å². The summed E-state index contributed by atoms with van der Waals surface area (Å²) in [6, 6.07) is 10.4. The first kappa shape index (κ1) is 13.5. The highest BCUT2D eigenvalue weighted by atomic mass is 16.5. The molecule has 2 nitrogen and oxygen atoms in total. The quantitative estimate of drug-likeness (QED) is 0.554. The zero-order valence-electron chi connectivity index (χ0n) is 10.6. The molecule has 0 spiro atoms. The highest BCUT2D eigenvalue weighted by Crippen LogP contribution is 2.09. The number of esters is 1. The van der Waals surface area contributed by atoms with Gasteiger partial charge in [-0.25, -0.2) is 4.79 Å². The van der Waals surface area contributed by atoms with Gasteiger partial charge < -0.3 is 4.74 Å². The van der Waals surface area contributed by atoms with Gasteiger partial charge in [0.1, 0.15) is 0 Å². The average Bonchev–Trinajstić information content (AvgIpc) is 2.30. The molecular formula is C15H20O2. The van der Waals surface area contributed by atoms with Crippen molar-refractivity contribution in [2.75, 3.05) is 6.61 Å². The lowest BCUT2D eigenvalue weighted by Gasteiger charge is -2.02. The molecule has 0 fully saturated rings.